The Morgan fingerprint density at radius 2 is 1.70 bits per heavy atom. The maximum Gasteiger partial charge on any atom is 0.271 e. The Morgan fingerprint density at radius 1 is 1.03 bits per heavy atom. The van der Waals surface area contributed by atoms with Crippen molar-refractivity contribution >= 4 is 73.1 Å². The topological polar surface area (TPSA) is 78.8 Å². The molecule has 0 aromatic heterocycles. The second-order valence-electron chi connectivity index (χ2n) is 7.19. The van der Waals surface area contributed by atoms with Gasteiger partial charge in [-0.1, -0.05) is 53.5 Å². The van der Waals surface area contributed by atoms with E-state index in [0.29, 0.717) is 16.8 Å². The molecule has 0 bridgehead atoms. The van der Waals surface area contributed by atoms with Gasteiger partial charge in [-0.2, -0.15) is 5.10 Å². The van der Waals surface area contributed by atoms with Gasteiger partial charge in [-0.25, -0.2) is 13.8 Å². The van der Waals surface area contributed by atoms with Gasteiger partial charge >= 0.3 is 0 Å². The number of hydrazone groups is 1. The van der Waals surface area contributed by atoms with Crippen LogP contribution in [0.2, 0.25) is 10.0 Å². The van der Waals surface area contributed by atoms with E-state index in [2.05, 4.69) is 33.1 Å². The Bertz CT molecular complexity index is 1310. The molecule has 3 rings (SSSR count). The molecule has 0 aliphatic heterocycles. The molecular weight excluding hydrogens is 596 g/mol. The van der Waals surface area contributed by atoms with E-state index in [9.17, 15) is 13.2 Å². The monoisotopic (exact) mass is 615 g/mol. The number of anilines is 1. The molecule has 0 atom stereocenters. The van der Waals surface area contributed by atoms with Crippen molar-refractivity contribution in [1.29, 1.82) is 0 Å². The number of carbonyl (C=O) groups is 1. The lowest BCUT2D eigenvalue weighted by molar-refractivity contribution is 0.0955. The quantitative estimate of drug-likeness (QED) is 0.210. The van der Waals surface area contributed by atoms with Crippen LogP contribution >= 0.6 is 45.8 Å². The molecule has 3 aromatic carbocycles. The molecule has 172 valence electrons. The average molecular weight is 616 g/mol. The summed E-state index contributed by atoms with van der Waals surface area (Å²) >= 11 is 14.5. The number of amides is 1. The highest BCUT2D eigenvalue weighted by Gasteiger charge is 2.21. The number of nitrogens with one attached hydrogen (secondary N) is 1. The van der Waals surface area contributed by atoms with Crippen molar-refractivity contribution in [1.82, 2.24) is 5.43 Å². The lowest BCUT2D eigenvalue weighted by Crippen LogP contribution is -2.29. The van der Waals surface area contributed by atoms with Crippen LogP contribution in [0.3, 0.4) is 0 Å². The van der Waals surface area contributed by atoms with Crippen molar-refractivity contribution in [3.63, 3.8) is 0 Å². The molecule has 0 unspecified atom stereocenters. The molecular formula is C23H20Cl2IN3O3S. The van der Waals surface area contributed by atoms with Crippen LogP contribution < -0.4 is 9.73 Å². The first-order valence-electron chi connectivity index (χ1n) is 9.67. The Kier molecular flexibility index (Phi) is 8.38. The van der Waals surface area contributed by atoms with E-state index >= 15 is 0 Å². The van der Waals surface area contributed by atoms with Gasteiger partial charge in [0.1, 0.15) is 0 Å². The van der Waals surface area contributed by atoms with Crippen LogP contribution in [0.25, 0.3) is 0 Å². The molecule has 6 nitrogen and oxygen atoms in total. The molecule has 0 aliphatic carbocycles. The van der Waals surface area contributed by atoms with Crippen LogP contribution in [-0.2, 0) is 16.6 Å². The van der Waals surface area contributed by atoms with Gasteiger partial charge in [0.25, 0.3) is 5.91 Å². The average Bonchev–Trinajstić information content (AvgIpc) is 2.77. The zero-order chi connectivity index (χ0) is 24.2. The third-order valence-corrected chi connectivity index (χ3v) is 7.32. The summed E-state index contributed by atoms with van der Waals surface area (Å²) in [7, 11) is -3.64. The summed E-state index contributed by atoms with van der Waals surface area (Å²) in [5.74, 6) is -0.371. The minimum atomic E-state index is -3.64. The summed E-state index contributed by atoms with van der Waals surface area (Å²) in [4.78, 5) is 12.5. The normalized spacial score (nSPS) is 11.8. The summed E-state index contributed by atoms with van der Waals surface area (Å²) in [6.45, 7) is 1.85. The first-order chi connectivity index (χ1) is 15.6. The fourth-order valence-corrected chi connectivity index (χ4v) is 4.85. The predicted octanol–water partition coefficient (Wildman–Crippen LogP) is 5.72. The second kappa shape index (κ2) is 10.9. The lowest BCUT2D eigenvalue weighted by atomic mass is 10.1. The molecule has 10 heteroatoms. The predicted molar refractivity (Wildman–Crippen MR) is 143 cm³/mol. The summed E-state index contributed by atoms with van der Waals surface area (Å²) in [5.41, 5.74) is 5.50. The van der Waals surface area contributed by atoms with Crippen LogP contribution in [0.5, 0.6) is 0 Å². The molecule has 1 amide bonds. The number of benzene rings is 3. The maximum atomic E-state index is 12.5. The standard InChI is InChI=1S/C23H20Cl2IN3O3S/c1-15(18-5-3-6-19(26)13-18)27-28-23(30)17-11-9-16(10-12-17)14-29(33(2,31)32)21-8-4-7-20(24)22(21)25/h3-13H,14H2,1-2H3,(H,28,30)/b27-15-. The largest absolute Gasteiger partial charge is 0.271 e. The van der Waals surface area contributed by atoms with Gasteiger partial charge in [0.05, 0.1) is 34.2 Å². The number of carbonyl (C=O) groups excluding carboxylic acids is 1. The fourth-order valence-electron chi connectivity index (χ4n) is 2.97. The van der Waals surface area contributed by atoms with Crippen molar-refractivity contribution < 1.29 is 13.2 Å². The molecule has 0 saturated carbocycles. The third kappa shape index (κ3) is 6.69. The lowest BCUT2D eigenvalue weighted by Gasteiger charge is -2.24. The SMILES string of the molecule is C/C(=N/NC(=O)c1ccc(CN(c2cccc(Cl)c2Cl)S(C)(=O)=O)cc1)c1cccc(I)c1. The van der Waals surface area contributed by atoms with E-state index < -0.39 is 10.0 Å². The first-order valence-corrected chi connectivity index (χ1v) is 13.4. The van der Waals surface area contributed by atoms with Gasteiger partial charge in [-0.3, -0.25) is 9.10 Å². The number of nitrogens with zero attached hydrogens (tertiary/aromatic N) is 2. The summed E-state index contributed by atoms with van der Waals surface area (Å²) in [6.07, 6.45) is 1.10. The Morgan fingerprint density at radius 3 is 2.33 bits per heavy atom. The Balaban J connectivity index is 1.75. The molecule has 3 aromatic rings. The molecule has 0 fully saturated rings. The molecule has 33 heavy (non-hydrogen) atoms. The van der Waals surface area contributed by atoms with Crippen LogP contribution in [0.4, 0.5) is 5.69 Å². The van der Waals surface area contributed by atoms with Gasteiger partial charge in [0, 0.05) is 9.13 Å². The highest BCUT2D eigenvalue weighted by Crippen LogP contribution is 2.34. The van der Waals surface area contributed by atoms with Crippen molar-refractivity contribution in [2.24, 2.45) is 5.10 Å². The van der Waals surface area contributed by atoms with E-state index in [1.807, 2.05) is 31.2 Å². The highest BCUT2D eigenvalue weighted by atomic mass is 127. The van der Waals surface area contributed by atoms with E-state index in [0.717, 1.165) is 15.4 Å². The Hall–Kier alpha value is -2.14. The minimum Gasteiger partial charge on any atom is -0.267 e. The van der Waals surface area contributed by atoms with Crippen molar-refractivity contribution in [3.05, 3.63) is 97.0 Å². The van der Waals surface area contributed by atoms with Gasteiger partial charge in [-0.05, 0) is 77.0 Å². The van der Waals surface area contributed by atoms with Gasteiger partial charge < -0.3 is 0 Å². The first kappa shape index (κ1) is 25.5. The smallest absolute Gasteiger partial charge is 0.267 e. The molecule has 0 saturated heterocycles. The highest BCUT2D eigenvalue weighted by molar-refractivity contribution is 14.1. The van der Waals surface area contributed by atoms with Gasteiger partial charge in [-0.15, -0.1) is 0 Å². The zero-order valence-corrected chi connectivity index (χ0v) is 22.2. The van der Waals surface area contributed by atoms with Crippen LogP contribution in [0.1, 0.15) is 28.4 Å². The number of halogens is 3. The van der Waals surface area contributed by atoms with Crippen LogP contribution in [-0.4, -0.2) is 26.3 Å². The third-order valence-electron chi connectivity index (χ3n) is 4.71. The van der Waals surface area contributed by atoms with Crippen molar-refractivity contribution in [2.75, 3.05) is 10.6 Å². The van der Waals surface area contributed by atoms with E-state index in [-0.39, 0.29) is 28.2 Å². The van der Waals surface area contributed by atoms with Gasteiger partial charge in [0.2, 0.25) is 10.0 Å². The Labute approximate surface area is 216 Å². The van der Waals surface area contributed by atoms with E-state index in [1.165, 1.54) is 4.31 Å². The molecule has 0 radical (unpaired) electrons. The number of hydrogen-bond acceptors (Lipinski definition) is 4. The van der Waals surface area contributed by atoms with Crippen LogP contribution in [0, 0.1) is 3.57 Å². The number of sulfonamides is 1. The number of rotatable bonds is 7. The zero-order valence-electron chi connectivity index (χ0n) is 17.7. The summed E-state index contributed by atoms with van der Waals surface area (Å²) in [5, 5.41) is 4.59. The molecule has 0 spiro atoms. The fraction of sp³-hybridized carbons (Fsp3) is 0.130. The molecule has 0 heterocycles. The number of hydrogen-bond donors (Lipinski definition) is 1. The van der Waals surface area contributed by atoms with Crippen LogP contribution in [0.15, 0.2) is 71.8 Å². The van der Waals surface area contributed by atoms with Gasteiger partial charge in [0.15, 0.2) is 0 Å². The van der Waals surface area contributed by atoms with E-state index in [4.69, 9.17) is 23.2 Å². The second-order valence-corrected chi connectivity index (χ2v) is 11.1. The van der Waals surface area contributed by atoms with Crippen molar-refractivity contribution in [3.8, 4) is 0 Å². The summed E-state index contributed by atoms with van der Waals surface area (Å²) < 4.78 is 27.1. The summed E-state index contributed by atoms with van der Waals surface area (Å²) in [6, 6.07) is 19.2. The van der Waals surface area contributed by atoms with Crippen molar-refractivity contribution in [2.45, 2.75) is 13.5 Å². The minimum absolute atomic E-state index is 0.0324. The molecule has 1 N–H and O–H groups in total. The maximum absolute atomic E-state index is 12.5. The molecule has 0 aliphatic rings. The van der Waals surface area contributed by atoms with E-state index in [1.54, 1.807) is 42.5 Å².